The Kier molecular flexibility index (Phi) is 3.73. The molecule has 0 saturated carbocycles. The molecular weight excluding hydrogens is 304 g/mol. The lowest BCUT2D eigenvalue weighted by atomic mass is 10.2. The van der Waals surface area contributed by atoms with Crippen LogP contribution in [0.15, 0.2) is 0 Å². The van der Waals surface area contributed by atoms with Gasteiger partial charge >= 0.3 is 0 Å². The molecule has 0 spiro atoms. The maximum Gasteiger partial charge on any atom is 0.247 e. The fourth-order valence-electron chi connectivity index (χ4n) is 1.45. The van der Waals surface area contributed by atoms with Crippen LogP contribution in [0.3, 0.4) is 0 Å². The van der Waals surface area contributed by atoms with Gasteiger partial charge in [0.1, 0.15) is 9.78 Å². The van der Waals surface area contributed by atoms with Crippen molar-refractivity contribution in [1.29, 1.82) is 0 Å². The third-order valence-corrected chi connectivity index (χ3v) is 2.83. The smallest absolute Gasteiger partial charge is 0.247 e. The highest BCUT2D eigenvalue weighted by molar-refractivity contribution is 9.25. The molecule has 1 fully saturated rings. The predicted molar refractivity (Wildman–Crippen MR) is 55.6 cm³/mol. The molecule has 0 aromatic heterocycles. The Morgan fingerprint density at radius 3 is 2.54 bits per heavy atom. The molecule has 1 rings (SSSR count). The zero-order valence-corrected chi connectivity index (χ0v) is 10.0. The molecule has 0 radical (unpaired) electrons. The lowest BCUT2D eigenvalue weighted by molar-refractivity contribution is -0.135. The van der Waals surface area contributed by atoms with E-state index >= 15 is 0 Å². The van der Waals surface area contributed by atoms with Gasteiger partial charge in [-0.3, -0.25) is 9.59 Å². The van der Waals surface area contributed by atoms with E-state index < -0.39 is 15.7 Å². The van der Waals surface area contributed by atoms with Crippen molar-refractivity contribution in [3.8, 4) is 0 Å². The van der Waals surface area contributed by atoms with Crippen molar-refractivity contribution in [3.63, 3.8) is 0 Å². The molecule has 2 amide bonds. The Balaban J connectivity index is 2.68. The largest absolute Gasteiger partial charge is 0.368 e. The average molecular weight is 314 g/mol. The van der Waals surface area contributed by atoms with E-state index in [1.54, 1.807) is 0 Å². The second-order valence-corrected chi connectivity index (χ2v) is 5.95. The number of halogens is 2. The number of nitrogens with two attached hydrogens (primary N) is 1. The summed E-state index contributed by atoms with van der Waals surface area (Å²) in [7, 11) is 0. The third-order valence-electron chi connectivity index (χ3n) is 2.05. The van der Waals surface area contributed by atoms with Crippen molar-refractivity contribution < 1.29 is 9.59 Å². The first-order valence-corrected chi connectivity index (χ1v) is 5.75. The van der Waals surface area contributed by atoms with Gasteiger partial charge in [-0.05, 0) is 12.8 Å². The zero-order chi connectivity index (χ0) is 10.0. The van der Waals surface area contributed by atoms with E-state index in [0.29, 0.717) is 13.0 Å². The van der Waals surface area contributed by atoms with E-state index in [1.807, 2.05) is 0 Å². The SMILES string of the molecule is NC(=O)[C@@H]1CCCN1C(=O)C(Br)Br. The predicted octanol–water partition coefficient (Wildman–Crippen LogP) is 0.579. The molecule has 2 N–H and O–H groups in total. The quantitative estimate of drug-likeness (QED) is 0.758. The van der Waals surface area contributed by atoms with Gasteiger partial charge in [0.15, 0.2) is 0 Å². The standard InChI is InChI=1S/C7H10Br2N2O2/c8-5(9)7(13)11-3-1-2-4(11)6(10)12/h4-5H,1-3H2,(H2,10,12)/t4-/m0/s1. The number of carbonyl (C=O) groups is 2. The van der Waals surface area contributed by atoms with E-state index in [0.717, 1.165) is 6.42 Å². The van der Waals surface area contributed by atoms with Crippen LogP contribution in [0.5, 0.6) is 0 Å². The Hall–Kier alpha value is -0.100. The highest BCUT2D eigenvalue weighted by atomic mass is 79.9. The van der Waals surface area contributed by atoms with Gasteiger partial charge in [0.2, 0.25) is 11.8 Å². The van der Waals surface area contributed by atoms with Crippen LogP contribution in [0, 0.1) is 0 Å². The van der Waals surface area contributed by atoms with E-state index in [9.17, 15) is 9.59 Å². The van der Waals surface area contributed by atoms with Crippen molar-refractivity contribution in [2.24, 2.45) is 5.73 Å². The number of hydrogen-bond donors (Lipinski definition) is 1. The minimum absolute atomic E-state index is 0.138. The first kappa shape index (κ1) is 11.0. The molecule has 1 aliphatic heterocycles. The summed E-state index contributed by atoms with van der Waals surface area (Å²) in [5.74, 6) is -0.562. The molecular formula is C7H10Br2N2O2. The summed E-state index contributed by atoms with van der Waals surface area (Å²) in [6.45, 7) is 0.611. The first-order chi connectivity index (χ1) is 6.04. The van der Waals surface area contributed by atoms with Gasteiger partial charge in [-0.25, -0.2) is 0 Å². The Morgan fingerprint density at radius 1 is 1.46 bits per heavy atom. The number of rotatable bonds is 2. The van der Waals surface area contributed by atoms with Gasteiger partial charge in [0.25, 0.3) is 0 Å². The highest BCUT2D eigenvalue weighted by Crippen LogP contribution is 2.21. The molecule has 74 valence electrons. The summed E-state index contributed by atoms with van der Waals surface area (Å²) < 4.78 is -0.431. The van der Waals surface area contributed by atoms with Crippen LogP contribution in [0.2, 0.25) is 0 Å². The summed E-state index contributed by atoms with van der Waals surface area (Å²) in [6, 6.07) is -0.426. The minimum atomic E-state index is -0.431. The maximum atomic E-state index is 11.5. The summed E-state index contributed by atoms with van der Waals surface area (Å²) in [5, 5.41) is 0. The third kappa shape index (κ3) is 2.43. The molecule has 1 heterocycles. The number of likely N-dealkylation sites (tertiary alicyclic amines) is 1. The molecule has 1 atom stereocenters. The second-order valence-electron chi connectivity index (χ2n) is 2.89. The molecule has 0 bridgehead atoms. The number of amides is 2. The van der Waals surface area contributed by atoms with Crippen LogP contribution >= 0.6 is 31.9 Å². The molecule has 1 saturated heterocycles. The van der Waals surface area contributed by atoms with E-state index in [4.69, 9.17) is 5.73 Å². The van der Waals surface area contributed by atoms with Crippen LogP contribution in [0.1, 0.15) is 12.8 Å². The zero-order valence-electron chi connectivity index (χ0n) is 6.87. The maximum absolute atomic E-state index is 11.5. The summed E-state index contributed by atoms with van der Waals surface area (Å²) in [4.78, 5) is 23.9. The molecule has 0 unspecified atom stereocenters. The minimum Gasteiger partial charge on any atom is -0.368 e. The highest BCUT2D eigenvalue weighted by Gasteiger charge is 2.34. The molecule has 1 aliphatic rings. The van der Waals surface area contributed by atoms with Gasteiger partial charge < -0.3 is 10.6 Å². The Labute approximate surface area is 93.1 Å². The topological polar surface area (TPSA) is 63.4 Å². The Morgan fingerprint density at radius 2 is 2.08 bits per heavy atom. The summed E-state index contributed by atoms with van der Waals surface area (Å²) in [6.07, 6.45) is 1.51. The van der Waals surface area contributed by atoms with Gasteiger partial charge in [0, 0.05) is 6.54 Å². The lowest BCUT2D eigenvalue weighted by Gasteiger charge is -2.22. The van der Waals surface area contributed by atoms with Crippen molar-refractivity contribution in [2.75, 3.05) is 6.54 Å². The van der Waals surface area contributed by atoms with Crippen LogP contribution in [-0.4, -0.2) is 33.0 Å². The fourth-order valence-corrected chi connectivity index (χ4v) is 1.98. The van der Waals surface area contributed by atoms with Crippen LogP contribution in [-0.2, 0) is 9.59 Å². The molecule has 6 heteroatoms. The molecule has 0 aliphatic carbocycles. The molecule has 0 aromatic carbocycles. The average Bonchev–Trinajstić information content (AvgIpc) is 2.50. The van der Waals surface area contributed by atoms with E-state index in [1.165, 1.54) is 4.90 Å². The van der Waals surface area contributed by atoms with Crippen LogP contribution < -0.4 is 5.73 Å². The summed E-state index contributed by atoms with van der Waals surface area (Å²) >= 11 is 6.20. The van der Waals surface area contributed by atoms with Crippen LogP contribution in [0.25, 0.3) is 0 Å². The van der Waals surface area contributed by atoms with E-state index in [-0.39, 0.29) is 5.91 Å². The number of alkyl halides is 2. The van der Waals surface area contributed by atoms with Gasteiger partial charge in [0.05, 0.1) is 0 Å². The van der Waals surface area contributed by atoms with Crippen molar-refractivity contribution in [3.05, 3.63) is 0 Å². The van der Waals surface area contributed by atoms with Crippen molar-refractivity contribution >= 4 is 43.7 Å². The lowest BCUT2D eigenvalue weighted by Crippen LogP contribution is -2.45. The summed E-state index contributed by atoms with van der Waals surface area (Å²) in [5.41, 5.74) is 5.16. The molecule has 4 nitrogen and oxygen atoms in total. The number of nitrogens with zero attached hydrogens (tertiary/aromatic N) is 1. The number of carbonyl (C=O) groups excluding carboxylic acids is 2. The molecule has 13 heavy (non-hydrogen) atoms. The Bertz CT molecular complexity index is 233. The number of hydrogen-bond acceptors (Lipinski definition) is 2. The van der Waals surface area contributed by atoms with Gasteiger partial charge in [-0.1, -0.05) is 31.9 Å². The number of primary amides is 1. The second kappa shape index (κ2) is 4.41. The van der Waals surface area contributed by atoms with Gasteiger partial charge in [-0.2, -0.15) is 0 Å². The van der Waals surface area contributed by atoms with Crippen molar-refractivity contribution in [1.82, 2.24) is 4.90 Å². The van der Waals surface area contributed by atoms with Gasteiger partial charge in [-0.15, -0.1) is 0 Å². The molecule has 0 aromatic rings. The normalized spacial score (nSPS) is 22.4. The van der Waals surface area contributed by atoms with Crippen LogP contribution in [0.4, 0.5) is 0 Å². The first-order valence-electron chi connectivity index (χ1n) is 3.92. The fraction of sp³-hybridized carbons (Fsp3) is 0.714. The van der Waals surface area contributed by atoms with E-state index in [2.05, 4.69) is 31.9 Å². The monoisotopic (exact) mass is 312 g/mol. The van der Waals surface area contributed by atoms with Crippen molar-refractivity contribution in [2.45, 2.75) is 22.6 Å².